The number of non-ortho nitro benzene ring substituents is 1. The normalized spacial score (nSPS) is 13.9. The number of hydrogen-bond acceptors (Lipinski definition) is 6. The van der Waals surface area contributed by atoms with Crippen molar-refractivity contribution in [1.82, 2.24) is 9.80 Å². The van der Waals surface area contributed by atoms with Crippen LogP contribution in [0.1, 0.15) is 27.9 Å². The summed E-state index contributed by atoms with van der Waals surface area (Å²) in [4.78, 5) is 30.3. The Balaban J connectivity index is 1.60. The summed E-state index contributed by atoms with van der Waals surface area (Å²) in [5.41, 5.74) is 1.73. The summed E-state index contributed by atoms with van der Waals surface area (Å²) < 4.78 is 20.0. The highest BCUT2D eigenvalue weighted by molar-refractivity contribution is 7.99. The Labute approximate surface area is 220 Å². The van der Waals surface area contributed by atoms with Crippen LogP contribution in [0.15, 0.2) is 76.5 Å². The van der Waals surface area contributed by atoms with Crippen LogP contribution in [0.3, 0.4) is 0 Å². The number of nitro groups is 1. The lowest BCUT2D eigenvalue weighted by atomic mass is 10.1. The summed E-state index contributed by atoms with van der Waals surface area (Å²) in [6.07, 6.45) is 0.690. The van der Waals surface area contributed by atoms with E-state index in [1.165, 1.54) is 36.0 Å². The fourth-order valence-corrected chi connectivity index (χ4v) is 5.13. The van der Waals surface area contributed by atoms with Crippen LogP contribution < -0.4 is 0 Å². The largest absolute Gasteiger partial charge is 0.379 e. The average molecular weight is 524 g/mol. The number of benzene rings is 3. The van der Waals surface area contributed by atoms with Crippen LogP contribution in [0.5, 0.6) is 0 Å². The van der Waals surface area contributed by atoms with Crippen LogP contribution in [0.4, 0.5) is 10.1 Å². The number of rotatable bonds is 10. The molecule has 0 saturated carbocycles. The molecule has 1 aliphatic heterocycles. The first-order valence-electron chi connectivity index (χ1n) is 12.3. The summed E-state index contributed by atoms with van der Waals surface area (Å²) in [5.74, 6) is -1.02. The molecule has 37 heavy (non-hydrogen) atoms. The van der Waals surface area contributed by atoms with E-state index in [2.05, 4.69) is 4.90 Å². The van der Waals surface area contributed by atoms with E-state index in [-0.39, 0.29) is 17.8 Å². The quantitative estimate of drug-likeness (QED) is 0.256. The van der Waals surface area contributed by atoms with Crippen LogP contribution >= 0.6 is 11.8 Å². The van der Waals surface area contributed by atoms with Gasteiger partial charge in [-0.05, 0) is 49.2 Å². The molecule has 1 saturated heterocycles. The van der Waals surface area contributed by atoms with E-state index in [9.17, 15) is 19.3 Å². The van der Waals surface area contributed by atoms with E-state index in [0.717, 1.165) is 35.0 Å². The van der Waals surface area contributed by atoms with Crippen molar-refractivity contribution >= 4 is 23.4 Å². The van der Waals surface area contributed by atoms with Crippen molar-refractivity contribution < 1.29 is 18.8 Å². The molecule has 0 N–H and O–H groups in total. The monoisotopic (exact) mass is 523 g/mol. The molecule has 194 valence electrons. The molecular formula is C28H30FN3O4S. The number of morpholine rings is 1. The topological polar surface area (TPSA) is 75.9 Å². The van der Waals surface area contributed by atoms with E-state index in [0.29, 0.717) is 31.7 Å². The van der Waals surface area contributed by atoms with E-state index >= 15 is 0 Å². The predicted octanol–water partition coefficient (Wildman–Crippen LogP) is 5.56. The molecule has 0 atom stereocenters. The fourth-order valence-electron chi connectivity index (χ4n) is 4.21. The number of hydrogen-bond donors (Lipinski definition) is 0. The fraction of sp³-hybridized carbons (Fsp3) is 0.321. The molecule has 0 spiro atoms. The highest BCUT2D eigenvalue weighted by Gasteiger charge is 2.22. The Hall–Kier alpha value is -3.27. The maximum absolute atomic E-state index is 14.6. The van der Waals surface area contributed by atoms with Gasteiger partial charge in [0.2, 0.25) is 0 Å². The lowest BCUT2D eigenvalue weighted by Gasteiger charge is -2.29. The van der Waals surface area contributed by atoms with E-state index in [4.69, 9.17) is 4.74 Å². The molecule has 3 aromatic carbocycles. The van der Waals surface area contributed by atoms with Gasteiger partial charge in [-0.3, -0.25) is 19.8 Å². The second-order valence-electron chi connectivity index (χ2n) is 8.98. The Morgan fingerprint density at radius 3 is 2.54 bits per heavy atom. The summed E-state index contributed by atoms with van der Waals surface area (Å²) in [7, 11) is 0. The predicted molar refractivity (Wildman–Crippen MR) is 141 cm³/mol. The lowest BCUT2D eigenvalue weighted by Crippen LogP contribution is -2.39. The van der Waals surface area contributed by atoms with Crippen molar-refractivity contribution in [3.63, 3.8) is 0 Å². The molecule has 1 amide bonds. The highest BCUT2D eigenvalue weighted by atomic mass is 32.2. The van der Waals surface area contributed by atoms with E-state index in [1.807, 2.05) is 31.2 Å². The summed E-state index contributed by atoms with van der Waals surface area (Å²) in [5, 5.41) is 11.5. The van der Waals surface area contributed by atoms with Gasteiger partial charge in [-0.15, -0.1) is 0 Å². The molecule has 7 nitrogen and oxygen atoms in total. The lowest BCUT2D eigenvalue weighted by molar-refractivity contribution is -0.385. The second-order valence-corrected chi connectivity index (χ2v) is 10.1. The van der Waals surface area contributed by atoms with Gasteiger partial charge in [0.05, 0.1) is 23.7 Å². The van der Waals surface area contributed by atoms with Gasteiger partial charge in [-0.25, -0.2) is 4.39 Å². The van der Waals surface area contributed by atoms with Gasteiger partial charge in [0.15, 0.2) is 0 Å². The van der Waals surface area contributed by atoms with Crippen LogP contribution in [0.2, 0.25) is 0 Å². The van der Waals surface area contributed by atoms with Crippen molar-refractivity contribution in [3.05, 3.63) is 99.4 Å². The maximum Gasteiger partial charge on any atom is 0.269 e. The van der Waals surface area contributed by atoms with E-state index in [1.54, 1.807) is 23.1 Å². The molecule has 0 radical (unpaired) electrons. The van der Waals surface area contributed by atoms with Crippen LogP contribution in [-0.4, -0.2) is 60.0 Å². The third kappa shape index (κ3) is 7.38. The number of nitrogens with zero attached hydrogens (tertiary/aromatic N) is 3. The van der Waals surface area contributed by atoms with Crippen molar-refractivity contribution in [2.24, 2.45) is 0 Å². The Kier molecular flexibility index (Phi) is 9.27. The second kappa shape index (κ2) is 12.8. The minimum absolute atomic E-state index is 0.00737. The number of amides is 1. The van der Waals surface area contributed by atoms with Gasteiger partial charge in [0, 0.05) is 54.6 Å². The van der Waals surface area contributed by atoms with Crippen LogP contribution in [0, 0.1) is 22.9 Å². The molecule has 3 aromatic rings. The van der Waals surface area contributed by atoms with Gasteiger partial charge in [-0.2, -0.15) is 0 Å². The number of carbonyl (C=O) groups excluding carboxylic acids is 1. The number of ether oxygens (including phenoxy) is 1. The van der Waals surface area contributed by atoms with Gasteiger partial charge >= 0.3 is 0 Å². The Morgan fingerprint density at radius 2 is 1.84 bits per heavy atom. The Bertz CT molecular complexity index is 1230. The van der Waals surface area contributed by atoms with Gasteiger partial charge < -0.3 is 9.64 Å². The zero-order valence-electron chi connectivity index (χ0n) is 20.8. The standard InChI is InChI=1S/C28H30FN3O4S/c1-21-7-10-24(11-8-21)37-27-12-9-23(32(34)35)19-22(27)20-31(14-4-13-30-15-17-36-18-16-30)28(33)25-5-2-3-6-26(25)29/h2-3,5-12,19H,4,13-18,20H2,1H3. The number of aryl methyl sites for hydroxylation is 1. The van der Waals surface area contributed by atoms with Crippen LogP contribution in [0.25, 0.3) is 0 Å². The smallest absolute Gasteiger partial charge is 0.269 e. The van der Waals surface area contributed by atoms with Crippen molar-refractivity contribution in [3.8, 4) is 0 Å². The van der Waals surface area contributed by atoms with Crippen LogP contribution in [-0.2, 0) is 11.3 Å². The average Bonchev–Trinajstić information content (AvgIpc) is 2.90. The van der Waals surface area contributed by atoms with Crippen molar-refractivity contribution in [2.45, 2.75) is 29.7 Å². The van der Waals surface area contributed by atoms with Crippen molar-refractivity contribution in [1.29, 1.82) is 0 Å². The molecule has 0 bridgehead atoms. The molecule has 9 heteroatoms. The number of carbonyl (C=O) groups is 1. The molecular weight excluding hydrogens is 493 g/mol. The molecule has 0 aromatic heterocycles. The van der Waals surface area contributed by atoms with Gasteiger partial charge in [-0.1, -0.05) is 41.6 Å². The first-order valence-corrected chi connectivity index (χ1v) is 13.1. The summed E-state index contributed by atoms with van der Waals surface area (Å²) in [6, 6.07) is 18.6. The molecule has 1 fully saturated rings. The van der Waals surface area contributed by atoms with Gasteiger partial charge in [0.1, 0.15) is 5.82 Å². The number of nitro benzene ring substituents is 1. The zero-order chi connectivity index (χ0) is 26.2. The SMILES string of the molecule is Cc1ccc(Sc2ccc([N+](=O)[O-])cc2CN(CCCN2CCOCC2)C(=O)c2ccccc2F)cc1. The third-order valence-electron chi connectivity index (χ3n) is 6.26. The molecule has 4 rings (SSSR count). The molecule has 1 aliphatic rings. The van der Waals surface area contributed by atoms with E-state index < -0.39 is 16.6 Å². The minimum atomic E-state index is -0.584. The number of halogens is 1. The first kappa shape index (κ1) is 26.8. The zero-order valence-corrected chi connectivity index (χ0v) is 21.6. The highest BCUT2D eigenvalue weighted by Crippen LogP contribution is 2.34. The summed E-state index contributed by atoms with van der Waals surface area (Å²) in [6.45, 7) is 6.36. The first-order chi connectivity index (χ1) is 17.9. The minimum Gasteiger partial charge on any atom is -0.379 e. The molecule has 1 heterocycles. The summed E-state index contributed by atoms with van der Waals surface area (Å²) >= 11 is 1.49. The molecule has 0 aliphatic carbocycles. The maximum atomic E-state index is 14.6. The van der Waals surface area contributed by atoms with Gasteiger partial charge in [0.25, 0.3) is 11.6 Å². The Morgan fingerprint density at radius 1 is 1.11 bits per heavy atom. The van der Waals surface area contributed by atoms with Crippen molar-refractivity contribution in [2.75, 3.05) is 39.4 Å². The third-order valence-corrected chi connectivity index (χ3v) is 7.39. The molecule has 0 unspecified atom stereocenters.